The van der Waals surface area contributed by atoms with Gasteiger partial charge in [-0.1, -0.05) is 29.5 Å². The van der Waals surface area contributed by atoms with Crippen molar-refractivity contribution in [1.82, 2.24) is 35.6 Å². The number of piperidine rings is 1. The number of sulfonamides is 2. The Kier molecular flexibility index (Phi) is 8.42. The Hall–Kier alpha value is -3.62. The van der Waals surface area contributed by atoms with Gasteiger partial charge in [0.25, 0.3) is 6.47 Å². The van der Waals surface area contributed by atoms with Gasteiger partial charge in [-0.15, -0.1) is 10.2 Å². The Labute approximate surface area is 231 Å². The Morgan fingerprint density at radius 3 is 2.58 bits per heavy atom. The topological polar surface area (TPSA) is 249 Å². The molecule has 40 heavy (non-hydrogen) atoms. The number of primary sulfonamides is 1. The van der Waals surface area contributed by atoms with E-state index in [4.69, 9.17) is 20.8 Å². The monoisotopic (exact) mass is 613 g/mol. The number of nitrogens with zero attached hydrogens (tertiary/aromatic N) is 4. The summed E-state index contributed by atoms with van der Waals surface area (Å²) < 4.78 is 70.6. The predicted octanol–water partition coefficient (Wildman–Crippen LogP) is 0.444. The van der Waals surface area contributed by atoms with Crippen molar-refractivity contribution in [3.05, 3.63) is 30.3 Å². The lowest BCUT2D eigenvalue weighted by Crippen LogP contribution is -2.49. The van der Waals surface area contributed by atoms with Gasteiger partial charge in [-0.05, 0) is 42.3 Å². The number of benzene rings is 2. The molecule has 1 fully saturated rings. The van der Waals surface area contributed by atoms with Crippen LogP contribution >= 0.6 is 11.3 Å². The fraction of sp³-hybridized carbons (Fsp3) is 0.286. The molecule has 1 aliphatic heterocycles. The van der Waals surface area contributed by atoms with Gasteiger partial charge in [-0.3, -0.25) is 4.79 Å². The molecule has 8 N–H and O–H groups in total. The maximum absolute atomic E-state index is 15.1. The number of anilines is 1. The van der Waals surface area contributed by atoms with Gasteiger partial charge in [-0.2, -0.15) is 5.21 Å². The van der Waals surface area contributed by atoms with Crippen molar-refractivity contribution in [2.24, 2.45) is 5.14 Å². The molecule has 0 unspecified atom stereocenters. The fourth-order valence-corrected chi connectivity index (χ4v) is 7.81. The second kappa shape index (κ2) is 11.5. The number of carboxylic acid groups (broad SMARTS) is 1. The van der Waals surface area contributed by atoms with E-state index < -0.39 is 42.1 Å². The number of fused-ring (bicyclic) bond motifs is 1. The number of aromatic nitrogens is 5. The molecule has 2 aromatic carbocycles. The van der Waals surface area contributed by atoms with Crippen molar-refractivity contribution in [2.45, 2.75) is 28.3 Å². The molecule has 0 bridgehead atoms. The largest absolute Gasteiger partial charge is 0.483 e. The van der Waals surface area contributed by atoms with E-state index in [2.05, 4.69) is 35.6 Å². The number of alkyl halides is 1. The van der Waals surface area contributed by atoms with Crippen LogP contribution in [-0.4, -0.2) is 79.3 Å². The lowest BCUT2D eigenvalue weighted by molar-refractivity contribution is -0.122. The number of carbonyl (C=O) groups is 1. The number of rotatable bonds is 7. The smallest absolute Gasteiger partial charge is 0.290 e. The summed E-state index contributed by atoms with van der Waals surface area (Å²) in [4.78, 5) is 11.3. The number of hydrogen-bond donors (Lipinski definition) is 6. The van der Waals surface area contributed by atoms with Crippen LogP contribution in [-0.2, 0) is 24.8 Å². The summed E-state index contributed by atoms with van der Waals surface area (Å²) in [5.41, 5.74) is 5.00. The molecule has 0 saturated carbocycles. The van der Waals surface area contributed by atoms with E-state index in [1.807, 2.05) is 0 Å². The average molecular weight is 614 g/mol. The van der Waals surface area contributed by atoms with E-state index in [-0.39, 0.29) is 41.5 Å². The molecular weight excluding hydrogens is 589 g/mol. The van der Waals surface area contributed by atoms with Crippen molar-refractivity contribution < 1.29 is 31.1 Å². The van der Waals surface area contributed by atoms with E-state index in [1.165, 1.54) is 17.4 Å². The third-order valence-corrected chi connectivity index (χ3v) is 9.41. The molecule has 5 rings (SSSR count). The number of nitrogens with one attached hydrogen (secondary N) is 3. The van der Waals surface area contributed by atoms with E-state index in [0.717, 1.165) is 10.8 Å². The highest BCUT2D eigenvalue weighted by Gasteiger charge is 2.36. The molecule has 19 heteroatoms. The predicted molar refractivity (Wildman–Crippen MR) is 144 cm³/mol. The van der Waals surface area contributed by atoms with Crippen LogP contribution in [0.25, 0.3) is 32.7 Å². The average Bonchev–Trinajstić information content (AvgIpc) is 3.56. The molecule has 3 heterocycles. The SMILES string of the molecule is Nc1nc2c(-c3ccc(S(=O)(=O)NC[C@]4(F)CCCNC4)c(S(N)(=O)=O)c3-c3nn[nH]n3)cccc2s1.O=CO. The van der Waals surface area contributed by atoms with E-state index in [1.54, 1.807) is 18.2 Å². The molecule has 0 spiro atoms. The number of halogens is 1. The Morgan fingerprint density at radius 2 is 1.95 bits per heavy atom. The van der Waals surface area contributed by atoms with Crippen LogP contribution in [0.5, 0.6) is 0 Å². The van der Waals surface area contributed by atoms with Gasteiger partial charge in [-0.25, -0.2) is 36.1 Å². The first-order valence-corrected chi connectivity index (χ1v) is 15.3. The van der Waals surface area contributed by atoms with E-state index >= 15 is 4.39 Å². The molecule has 1 aliphatic rings. The molecule has 0 aliphatic carbocycles. The summed E-state index contributed by atoms with van der Waals surface area (Å²) in [5, 5.41) is 29.1. The van der Waals surface area contributed by atoms with Gasteiger partial charge in [0.05, 0.1) is 15.8 Å². The standard InChI is InChI=1S/C20H22FN9O4S3.CH2O2/c21-20(7-2-8-24-9-20)10-25-37(33,34)14-6-5-11(12-3-1-4-13-16(12)26-19(22)35-13)15(17(14)36(23,31)32)18-27-29-30-28-18;2-1-3/h1,3-6,24-25H,2,7-10H2,(H2,22,26)(H2,23,31,32)(H,27,28,29,30);1H,(H,2,3)/t20-;/m0./s1. The number of hydrogen-bond acceptors (Lipinski definition) is 12. The van der Waals surface area contributed by atoms with Crippen LogP contribution < -0.4 is 20.9 Å². The van der Waals surface area contributed by atoms with Crippen molar-refractivity contribution in [3.63, 3.8) is 0 Å². The summed E-state index contributed by atoms with van der Waals surface area (Å²) in [5.74, 6) is -0.213. The molecule has 1 atom stereocenters. The highest BCUT2D eigenvalue weighted by molar-refractivity contribution is 7.92. The van der Waals surface area contributed by atoms with Crippen molar-refractivity contribution in [2.75, 3.05) is 25.4 Å². The number of para-hydroxylation sites is 1. The lowest BCUT2D eigenvalue weighted by Gasteiger charge is -2.30. The first-order chi connectivity index (χ1) is 18.9. The van der Waals surface area contributed by atoms with Crippen LogP contribution in [0, 0.1) is 0 Å². The van der Waals surface area contributed by atoms with Crippen LogP contribution in [0.1, 0.15) is 12.8 Å². The van der Waals surface area contributed by atoms with Crippen molar-refractivity contribution >= 4 is 53.2 Å². The fourth-order valence-electron chi connectivity index (χ4n) is 4.34. The summed E-state index contributed by atoms with van der Waals surface area (Å²) in [6, 6.07) is 7.67. The maximum Gasteiger partial charge on any atom is 0.290 e. The third kappa shape index (κ3) is 6.08. The first kappa shape index (κ1) is 29.4. The second-order valence-corrected chi connectivity index (χ2v) is 13.0. The van der Waals surface area contributed by atoms with Gasteiger partial charge in [0.15, 0.2) is 5.13 Å². The summed E-state index contributed by atoms with van der Waals surface area (Å²) in [7, 11) is -9.26. The Morgan fingerprint density at radius 1 is 1.20 bits per heavy atom. The van der Waals surface area contributed by atoms with Gasteiger partial charge >= 0.3 is 0 Å². The van der Waals surface area contributed by atoms with Gasteiger partial charge in [0.1, 0.15) is 15.5 Å². The number of nitrogens with two attached hydrogens (primary N) is 2. The van der Waals surface area contributed by atoms with Crippen LogP contribution in [0.3, 0.4) is 0 Å². The normalized spacial score (nSPS) is 17.8. The van der Waals surface area contributed by atoms with Crippen LogP contribution in [0.4, 0.5) is 9.52 Å². The Bertz CT molecular complexity index is 1740. The second-order valence-electron chi connectivity index (χ2n) is 8.66. The number of nitrogen functional groups attached to an aromatic ring is 1. The first-order valence-electron chi connectivity index (χ1n) is 11.5. The number of tetrazole rings is 1. The minimum absolute atomic E-state index is 0.0363. The highest BCUT2D eigenvalue weighted by atomic mass is 32.2. The third-order valence-electron chi connectivity index (χ3n) is 5.99. The molecule has 4 aromatic rings. The highest BCUT2D eigenvalue weighted by Crippen LogP contribution is 2.42. The minimum Gasteiger partial charge on any atom is -0.483 e. The molecule has 15 nitrogen and oxygen atoms in total. The number of H-pyrrole nitrogens is 1. The number of aromatic amines is 1. The van der Waals surface area contributed by atoms with E-state index in [9.17, 15) is 16.8 Å². The summed E-state index contributed by atoms with van der Waals surface area (Å²) in [6.45, 7) is -0.213. The molecule has 2 aromatic heterocycles. The van der Waals surface area contributed by atoms with Crippen molar-refractivity contribution in [3.8, 4) is 22.5 Å². The summed E-state index contributed by atoms with van der Waals surface area (Å²) >= 11 is 1.23. The quantitative estimate of drug-likeness (QED) is 0.155. The van der Waals surface area contributed by atoms with Gasteiger partial charge in [0.2, 0.25) is 25.9 Å². The molecule has 0 amide bonds. The summed E-state index contributed by atoms with van der Waals surface area (Å²) in [6.07, 6.45) is 0.683. The molecule has 1 saturated heterocycles. The zero-order valence-electron chi connectivity index (χ0n) is 20.5. The molecule has 214 valence electrons. The maximum atomic E-state index is 15.1. The molecular formula is C21H24FN9O6S3. The van der Waals surface area contributed by atoms with Gasteiger partial charge < -0.3 is 16.2 Å². The van der Waals surface area contributed by atoms with Crippen molar-refractivity contribution in [1.29, 1.82) is 0 Å². The van der Waals surface area contributed by atoms with Gasteiger partial charge in [0, 0.05) is 18.7 Å². The zero-order chi connectivity index (χ0) is 29.1. The lowest BCUT2D eigenvalue weighted by atomic mass is 9.97. The minimum atomic E-state index is -4.70. The molecule has 0 radical (unpaired) electrons. The Balaban J connectivity index is 0.00000118. The number of thiazole rings is 1. The zero-order valence-corrected chi connectivity index (χ0v) is 23.0. The van der Waals surface area contributed by atoms with Crippen LogP contribution in [0.15, 0.2) is 40.1 Å². The van der Waals surface area contributed by atoms with Crippen LogP contribution in [0.2, 0.25) is 0 Å². The van der Waals surface area contributed by atoms with E-state index in [0.29, 0.717) is 24.0 Å².